The van der Waals surface area contributed by atoms with Crippen molar-refractivity contribution in [3.63, 3.8) is 0 Å². The monoisotopic (exact) mass is 323 g/mol. The quantitative estimate of drug-likeness (QED) is 0.814. The Morgan fingerprint density at radius 3 is 2.12 bits per heavy atom. The van der Waals surface area contributed by atoms with Crippen LogP contribution in [-0.2, 0) is 16.6 Å². The Hall–Kier alpha value is -2.09. The summed E-state index contributed by atoms with van der Waals surface area (Å²) in [5, 5.41) is 3.08. The Morgan fingerprint density at radius 1 is 1.00 bits per heavy atom. The van der Waals surface area contributed by atoms with E-state index in [4.69, 9.17) is 0 Å². The van der Waals surface area contributed by atoms with E-state index in [-0.39, 0.29) is 17.4 Å². The topological polar surface area (TPSA) is 29.1 Å². The Bertz CT molecular complexity index is 663. The van der Waals surface area contributed by atoms with Gasteiger partial charge in [-0.25, -0.2) is 0 Å². The molecule has 1 unspecified atom stereocenters. The second-order valence-corrected chi connectivity index (χ2v) is 7.65. The van der Waals surface area contributed by atoms with Crippen LogP contribution in [0.25, 0.3) is 0 Å². The number of hydrogen-bond acceptors (Lipinski definition) is 1. The molecule has 0 spiro atoms. The van der Waals surface area contributed by atoms with Crippen LogP contribution >= 0.6 is 0 Å². The number of aryl methyl sites for hydroxylation is 2. The van der Waals surface area contributed by atoms with E-state index in [2.05, 4.69) is 81.5 Å². The largest absolute Gasteiger partial charge is 0.350 e. The van der Waals surface area contributed by atoms with Crippen molar-refractivity contribution < 1.29 is 4.79 Å². The fourth-order valence-corrected chi connectivity index (χ4v) is 2.68. The Balaban J connectivity index is 1.85. The zero-order valence-electron chi connectivity index (χ0n) is 15.5. The number of nitrogens with one attached hydrogen (secondary N) is 1. The molecule has 128 valence electrons. The summed E-state index contributed by atoms with van der Waals surface area (Å²) in [7, 11) is 0. The SMILES string of the molecule is Cc1ccc(C(C)NC(=O)CCc2ccc(C(C)(C)C)cc2)cc1. The molecule has 2 nitrogen and oxygen atoms in total. The van der Waals surface area contributed by atoms with Crippen molar-refractivity contribution in [1.29, 1.82) is 0 Å². The maximum absolute atomic E-state index is 12.2. The third-order valence-corrected chi connectivity index (χ3v) is 4.42. The molecule has 2 heteroatoms. The van der Waals surface area contributed by atoms with Crippen LogP contribution in [0.3, 0.4) is 0 Å². The van der Waals surface area contributed by atoms with E-state index in [0.29, 0.717) is 6.42 Å². The normalized spacial score (nSPS) is 12.7. The summed E-state index contributed by atoms with van der Waals surface area (Å²) in [6, 6.07) is 17.0. The number of carbonyl (C=O) groups excluding carboxylic acids is 1. The van der Waals surface area contributed by atoms with Gasteiger partial charge in [0.1, 0.15) is 0 Å². The van der Waals surface area contributed by atoms with E-state index in [0.717, 1.165) is 12.0 Å². The first-order chi connectivity index (χ1) is 11.3. The predicted octanol–water partition coefficient (Wildman–Crippen LogP) is 5.10. The van der Waals surface area contributed by atoms with Crippen LogP contribution in [0.5, 0.6) is 0 Å². The molecule has 2 aromatic rings. The number of benzene rings is 2. The van der Waals surface area contributed by atoms with E-state index < -0.39 is 0 Å². The van der Waals surface area contributed by atoms with Gasteiger partial charge in [-0.05, 0) is 42.4 Å². The van der Waals surface area contributed by atoms with Crippen molar-refractivity contribution in [3.8, 4) is 0 Å². The van der Waals surface area contributed by atoms with Crippen molar-refractivity contribution in [2.45, 2.75) is 58.9 Å². The molecule has 2 aromatic carbocycles. The van der Waals surface area contributed by atoms with E-state index in [1.54, 1.807) is 0 Å². The highest BCUT2D eigenvalue weighted by molar-refractivity contribution is 5.76. The second kappa shape index (κ2) is 7.65. The predicted molar refractivity (Wildman–Crippen MR) is 101 cm³/mol. The third-order valence-electron chi connectivity index (χ3n) is 4.42. The molecule has 0 aromatic heterocycles. The van der Waals surface area contributed by atoms with Gasteiger partial charge in [-0.15, -0.1) is 0 Å². The molecule has 1 amide bonds. The molecule has 1 N–H and O–H groups in total. The van der Waals surface area contributed by atoms with Gasteiger partial charge in [-0.1, -0.05) is 74.9 Å². The minimum atomic E-state index is 0.0429. The first-order valence-electron chi connectivity index (χ1n) is 8.71. The van der Waals surface area contributed by atoms with Crippen molar-refractivity contribution >= 4 is 5.91 Å². The number of amides is 1. The summed E-state index contributed by atoms with van der Waals surface area (Å²) in [6.45, 7) is 10.7. The van der Waals surface area contributed by atoms with Crippen LogP contribution in [0.2, 0.25) is 0 Å². The zero-order chi connectivity index (χ0) is 17.7. The van der Waals surface area contributed by atoms with Crippen LogP contribution in [-0.4, -0.2) is 5.91 Å². The van der Waals surface area contributed by atoms with E-state index in [1.165, 1.54) is 16.7 Å². The fraction of sp³-hybridized carbons (Fsp3) is 0.409. The van der Waals surface area contributed by atoms with Crippen LogP contribution in [0.4, 0.5) is 0 Å². The molecule has 0 heterocycles. The molecule has 0 radical (unpaired) electrons. The molecule has 0 bridgehead atoms. The second-order valence-electron chi connectivity index (χ2n) is 7.65. The van der Waals surface area contributed by atoms with Crippen molar-refractivity contribution in [2.75, 3.05) is 0 Å². The molecular weight excluding hydrogens is 294 g/mol. The minimum Gasteiger partial charge on any atom is -0.350 e. The molecule has 0 fully saturated rings. The Labute approximate surface area is 146 Å². The van der Waals surface area contributed by atoms with Gasteiger partial charge in [-0.3, -0.25) is 4.79 Å². The smallest absolute Gasteiger partial charge is 0.220 e. The lowest BCUT2D eigenvalue weighted by Crippen LogP contribution is -2.26. The average molecular weight is 323 g/mol. The van der Waals surface area contributed by atoms with Crippen molar-refractivity contribution in [1.82, 2.24) is 5.32 Å². The lowest BCUT2D eigenvalue weighted by atomic mass is 9.86. The summed E-state index contributed by atoms with van der Waals surface area (Å²) in [6.07, 6.45) is 1.29. The van der Waals surface area contributed by atoms with Crippen LogP contribution in [0, 0.1) is 6.92 Å². The summed E-state index contributed by atoms with van der Waals surface area (Å²) < 4.78 is 0. The average Bonchev–Trinajstić information content (AvgIpc) is 2.53. The highest BCUT2D eigenvalue weighted by Crippen LogP contribution is 2.22. The summed E-state index contributed by atoms with van der Waals surface area (Å²) in [5.41, 5.74) is 5.07. The molecule has 0 aliphatic carbocycles. The van der Waals surface area contributed by atoms with Crippen molar-refractivity contribution in [3.05, 3.63) is 70.8 Å². The molecule has 2 rings (SSSR count). The summed E-state index contributed by atoms with van der Waals surface area (Å²) in [5.74, 6) is 0.1000. The first kappa shape index (κ1) is 18.3. The number of carbonyl (C=O) groups is 1. The first-order valence-corrected chi connectivity index (χ1v) is 8.71. The van der Waals surface area contributed by atoms with Gasteiger partial charge >= 0.3 is 0 Å². The summed E-state index contributed by atoms with van der Waals surface area (Å²) >= 11 is 0. The standard InChI is InChI=1S/C22H29NO/c1-16-6-11-19(12-7-16)17(2)23-21(24)15-10-18-8-13-20(14-9-18)22(3,4)5/h6-9,11-14,17H,10,15H2,1-5H3,(H,23,24). The van der Waals surface area contributed by atoms with Gasteiger partial charge < -0.3 is 5.32 Å². The van der Waals surface area contributed by atoms with Gasteiger partial charge in [-0.2, -0.15) is 0 Å². The lowest BCUT2D eigenvalue weighted by molar-refractivity contribution is -0.121. The van der Waals surface area contributed by atoms with Crippen LogP contribution in [0.15, 0.2) is 48.5 Å². The molecule has 1 atom stereocenters. The molecule has 0 aliphatic rings. The third kappa shape index (κ3) is 5.23. The zero-order valence-corrected chi connectivity index (χ0v) is 15.5. The molecular formula is C22H29NO. The molecule has 24 heavy (non-hydrogen) atoms. The Morgan fingerprint density at radius 2 is 1.58 bits per heavy atom. The van der Waals surface area contributed by atoms with Crippen LogP contribution in [0.1, 0.15) is 62.4 Å². The maximum Gasteiger partial charge on any atom is 0.220 e. The molecule has 0 saturated carbocycles. The maximum atomic E-state index is 12.2. The van der Waals surface area contributed by atoms with Gasteiger partial charge in [0.25, 0.3) is 0 Å². The minimum absolute atomic E-state index is 0.0429. The van der Waals surface area contributed by atoms with Crippen molar-refractivity contribution in [2.24, 2.45) is 0 Å². The van der Waals surface area contributed by atoms with Crippen LogP contribution < -0.4 is 5.32 Å². The van der Waals surface area contributed by atoms with Gasteiger partial charge in [0.05, 0.1) is 6.04 Å². The lowest BCUT2D eigenvalue weighted by Gasteiger charge is -2.19. The highest BCUT2D eigenvalue weighted by atomic mass is 16.1. The van der Waals surface area contributed by atoms with E-state index in [1.807, 2.05) is 6.92 Å². The number of hydrogen-bond donors (Lipinski definition) is 1. The fourth-order valence-electron chi connectivity index (χ4n) is 2.68. The van der Waals surface area contributed by atoms with Gasteiger partial charge in [0, 0.05) is 6.42 Å². The number of rotatable bonds is 5. The van der Waals surface area contributed by atoms with Gasteiger partial charge in [0.2, 0.25) is 5.91 Å². The molecule has 0 saturated heterocycles. The highest BCUT2D eigenvalue weighted by Gasteiger charge is 2.13. The van der Waals surface area contributed by atoms with Gasteiger partial charge in [0.15, 0.2) is 0 Å². The Kier molecular flexibility index (Phi) is 5.82. The van der Waals surface area contributed by atoms with E-state index >= 15 is 0 Å². The summed E-state index contributed by atoms with van der Waals surface area (Å²) in [4.78, 5) is 12.2. The van der Waals surface area contributed by atoms with E-state index in [9.17, 15) is 4.79 Å². The molecule has 0 aliphatic heterocycles.